The number of nitrogens with zero attached hydrogens (tertiary/aromatic N) is 2. The summed E-state index contributed by atoms with van der Waals surface area (Å²) in [7, 11) is 0. The number of hydrogen-bond donors (Lipinski definition) is 2. The predicted octanol–water partition coefficient (Wildman–Crippen LogP) is 1.02. The van der Waals surface area contributed by atoms with Crippen LogP contribution in [0.3, 0.4) is 0 Å². The van der Waals surface area contributed by atoms with Crippen LogP contribution in [0.1, 0.15) is 17.3 Å². The van der Waals surface area contributed by atoms with Gasteiger partial charge >= 0.3 is 5.97 Å². The lowest BCUT2D eigenvalue weighted by Crippen LogP contribution is -2.22. The van der Waals surface area contributed by atoms with E-state index in [-0.39, 0.29) is 5.69 Å². The largest absolute Gasteiger partial charge is 0.480 e. The van der Waals surface area contributed by atoms with Gasteiger partial charge in [0.2, 0.25) is 0 Å². The number of carbonyl (C=O) groups is 1. The molecule has 5 heteroatoms. The summed E-state index contributed by atoms with van der Waals surface area (Å²) in [4.78, 5) is 10.7. The molecule has 0 amide bonds. The zero-order valence-corrected chi connectivity index (χ0v) is 8.71. The van der Waals surface area contributed by atoms with Crippen LogP contribution in [0.5, 0.6) is 0 Å². The third-order valence-electron chi connectivity index (χ3n) is 2.34. The Kier molecular flexibility index (Phi) is 2.54. The Labute approximate surface area is 91.9 Å². The van der Waals surface area contributed by atoms with Gasteiger partial charge < -0.3 is 10.8 Å². The number of aromatic nitrogens is 2. The van der Waals surface area contributed by atoms with E-state index in [1.807, 2.05) is 25.1 Å². The van der Waals surface area contributed by atoms with Crippen molar-refractivity contribution in [2.45, 2.75) is 13.0 Å². The van der Waals surface area contributed by atoms with Crippen LogP contribution < -0.4 is 5.73 Å². The fourth-order valence-corrected chi connectivity index (χ4v) is 1.46. The number of hydrogen-bond acceptors (Lipinski definition) is 4. The van der Waals surface area contributed by atoms with E-state index in [2.05, 4.69) is 10.2 Å². The first kappa shape index (κ1) is 10.5. The molecule has 0 radical (unpaired) electrons. The molecular formula is C11H11N3O2. The van der Waals surface area contributed by atoms with Crippen LogP contribution in [0.15, 0.2) is 24.3 Å². The van der Waals surface area contributed by atoms with Gasteiger partial charge in [0.25, 0.3) is 0 Å². The summed E-state index contributed by atoms with van der Waals surface area (Å²) in [6, 6.07) is 6.22. The molecular weight excluding hydrogens is 206 g/mol. The summed E-state index contributed by atoms with van der Waals surface area (Å²) in [6.45, 7) is 1.96. The van der Waals surface area contributed by atoms with Crippen molar-refractivity contribution in [3.05, 3.63) is 35.5 Å². The first-order chi connectivity index (χ1) is 7.58. The minimum Gasteiger partial charge on any atom is -0.480 e. The van der Waals surface area contributed by atoms with Gasteiger partial charge in [-0.2, -0.15) is 10.2 Å². The average molecular weight is 217 g/mol. The Hall–Kier alpha value is -2.01. The molecule has 3 N–H and O–H groups in total. The number of aliphatic carboxylic acids is 1. The molecule has 16 heavy (non-hydrogen) atoms. The van der Waals surface area contributed by atoms with Crippen LogP contribution in [0.4, 0.5) is 0 Å². The predicted molar refractivity (Wildman–Crippen MR) is 58.8 cm³/mol. The standard InChI is InChI=1S/C11H11N3O2/c1-6-2-3-8-7(4-6)5-9(14-13-8)10(12)11(15)16/h2-5,10H,12H2,1H3,(H,15,16). The molecule has 0 aliphatic heterocycles. The zero-order valence-electron chi connectivity index (χ0n) is 8.71. The highest BCUT2D eigenvalue weighted by molar-refractivity contribution is 5.81. The van der Waals surface area contributed by atoms with Gasteiger partial charge in [-0.1, -0.05) is 11.6 Å². The third kappa shape index (κ3) is 1.85. The van der Waals surface area contributed by atoms with Crippen LogP contribution in [-0.2, 0) is 4.79 Å². The zero-order chi connectivity index (χ0) is 11.7. The van der Waals surface area contributed by atoms with Crippen LogP contribution in [0, 0.1) is 6.92 Å². The first-order valence-corrected chi connectivity index (χ1v) is 4.80. The molecule has 1 atom stereocenters. The molecule has 0 saturated carbocycles. The number of fused-ring (bicyclic) bond motifs is 1. The highest BCUT2D eigenvalue weighted by atomic mass is 16.4. The monoisotopic (exact) mass is 217 g/mol. The van der Waals surface area contributed by atoms with Crippen molar-refractivity contribution in [1.29, 1.82) is 0 Å². The highest BCUT2D eigenvalue weighted by Crippen LogP contribution is 2.16. The van der Waals surface area contributed by atoms with E-state index in [1.165, 1.54) is 0 Å². The first-order valence-electron chi connectivity index (χ1n) is 4.80. The lowest BCUT2D eigenvalue weighted by molar-refractivity contribution is -0.138. The second kappa shape index (κ2) is 3.86. The molecule has 2 aromatic rings. The van der Waals surface area contributed by atoms with E-state index in [1.54, 1.807) is 6.07 Å². The Balaban J connectivity index is 2.54. The molecule has 2 rings (SSSR count). The summed E-state index contributed by atoms with van der Waals surface area (Å²) in [5, 5.41) is 17.4. The third-order valence-corrected chi connectivity index (χ3v) is 2.34. The number of aryl methyl sites for hydroxylation is 1. The minimum atomic E-state index is -1.13. The van der Waals surface area contributed by atoms with Gasteiger partial charge in [0.15, 0.2) is 0 Å². The summed E-state index contributed by atoms with van der Waals surface area (Å²) in [5.74, 6) is -1.11. The molecule has 0 saturated heterocycles. The van der Waals surface area contributed by atoms with E-state index in [4.69, 9.17) is 10.8 Å². The van der Waals surface area contributed by atoms with Crippen molar-refractivity contribution in [3.8, 4) is 0 Å². The van der Waals surface area contributed by atoms with Gasteiger partial charge in [-0.25, -0.2) is 0 Å². The molecule has 5 nitrogen and oxygen atoms in total. The molecule has 82 valence electrons. The summed E-state index contributed by atoms with van der Waals surface area (Å²) >= 11 is 0. The minimum absolute atomic E-state index is 0.269. The van der Waals surface area contributed by atoms with Crippen LogP contribution in [0.25, 0.3) is 10.9 Å². The fourth-order valence-electron chi connectivity index (χ4n) is 1.46. The van der Waals surface area contributed by atoms with Gasteiger partial charge in [0.1, 0.15) is 6.04 Å². The average Bonchev–Trinajstić information content (AvgIpc) is 2.26. The molecule has 0 bridgehead atoms. The Morgan fingerprint density at radius 1 is 1.38 bits per heavy atom. The quantitative estimate of drug-likeness (QED) is 0.784. The number of carboxylic acids is 1. The van der Waals surface area contributed by atoms with Crippen molar-refractivity contribution in [3.63, 3.8) is 0 Å². The maximum Gasteiger partial charge on any atom is 0.326 e. The van der Waals surface area contributed by atoms with Crippen LogP contribution >= 0.6 is 0 Å². The lowest BCUT2D eigenvalue weighted by atomic mass is 10.1. The van der Waals surface area contributed by atoms with E-state index < -0.39 is 12.0 Å². The van der Waals surface area contributed by atoms with Crippen molar-refractivity contribution in [2.24, 2.45) is 5.73 Å². The molecule has 1 unspecified atom stereocenters. The van der Waals surface area contributed by atoms with E-state index >= 15 is 0 Å². The highest BCUT2D eigenvalue weighted by Gasteiger charge is 2.16. The van der Waals surface area contributed by atoms with Gasteiger partial charge in [0, 0.05) is 5.39 Å². The van der Waals surface area contributed by atoms with Crippen molar-refractivity contribution < 1.29 is 9.90 Å². The fraction of sp³-hybridized carbons (Fsp3) is 0.182. The summed E-state index contributed by atoms with van der Waals surface area (Å²) < 4.78 is 0. The molecule has 1 heterocycles. The number of rotatable bonds is 2. The van der Waals surface area contributed by atoms with E-state index in [0.29, 0.717) is 0 Å². The van der Waals surface area contributed by atoms with Gasteiger partial charge in [-0.3, -0.25) is 4.79 Å². The molecule has 0 fully saturated rings. The van der Waals surface area contributed by atoms with Crippen molar-refractivity contribution in [1.82, 2.24) is 10.2 Å². The summed E-state index contributed by atoms with van der Waals surface area (Å²) in [5.41, 5.74) is 7.54. The van der Waals surface area contributed by atoms with Crippen LogP contribution in [0.2, 0.25) is 0 Å². The van der Waals surface area contributed by atoms with E-state index in [9.17, 15) is 4.79 Å². The second-order valence-corrected chi connectivity index (χ2v) is 3.65. The summed E-state index contributed by atoms with van der Waals surface area (Å²) in [6.07, 6.45) is 0. The Morgan fingerprint density at radius 3 is 2.81 bits per heavy atom. The molecule has 0 spiro atoms. The normalized spacial score (nSPS) is 12.6. The number of benzene rings is 1. The second-order valence-electron chi connectivity index (χ2n) is 3.65. The SMILES string of the molecule is Cc1ccc2nnc(C(N)C(=O)O)cc2c1. The number of nitrogens with two attached hydrogens (primary N) is 1. The van der Waals surface area contributed by atoms with Crippen molar-refractivity contribution in [2.75, 3.05) is 0 Å². The Morgan fingerprint density at radius 2 is 2.12 bits per heavy atom. The van der Waals surface area contributed by atoms with Crippen LogP contribution in [-0.4, -0.2) is 21.3 Å². The maximum atomic E-state index is 10.7. The topological polar surface area (TPSA) is 89.1 Å². The van der Waals surface area contributed by atoms with Crippen molar-refractivity contribution >= 4 is 16.9 Å². The van der Waals surface area contributed by atoms with Gasteiger partial charge in [-0.05, 0) is 25.1 Å². The smallest absolute Gasteiger partial charge is 0.326 e. The molecule has 1 aromatic carbocycles. The lowest BCUT2D eigenvalue weighted by Gasteiger charge is -2.06. The van der Waals surface area contributed by atoms with E-state index in [0.717, 1.165) is 16.5 Å². The molecule has 1 aromatic heterocycles. The Bertz CT molecular complexity index is 554. The maximum absolute atomic E-state index is 10.7. The van der Waals surface area contributed by atoms with Gasteiger partial charge in [0.05, 0.1) is 11.2 Å². The molecule has 0 aliphatic carbocycles. The molecule has 0 aliphatic rings. The number of carboxylic acid groups (broad SMARTS) is 1. The van der Waals surface area contributed by atoms with Gasteiger partial charge in [-0.15, -0.1) is 0 Å².